The van der Waals surface area contributed by atoms with Gasteiger partial charge >= 0.3 is 0 Å². The van der Waals surface area contributed by atoms with Crippen LogP contribution in [0.5, 0.6) is 0 Å². The number of nitrogens with zero attached hydrogens (tertiary/aromatic N) is 3. The minimum absolute atomic E-state index is 0.0215. The second-order valence-electron chi connectivity index (χ2n) is 7.78. The molecule has 3 aliphatic rings. The van der Waals surface area contributed by atoms with Crippen molar-refractivity contribution in [2.24, 2.45) is 5.92 Å². The Hall–Kier alpha value is -1.66. The van der Waals surface area contributed by atoms with Gasteiger partial charge in [0.05, 0.1) is 24.1 Å². The molecule has 1 saturated carbocycles. The Labute approximate surface area is 160 Å². The van der Waals surface area contributed by atoms with Crippen molar-refractivity contribution in [1.82, 2.24) is 15.1 Å². The molecule has 0 radical (unpaired) electrons. The molecule has 0 unspecified atom stereocenters. The van der Waals surface area contributed by atoms with Gasteiger partial charge in [0.15, 0.2) is 9.84 Å². The van der Waals surface area contributed by atoms with E-state index in [1.807, 2.05) is 0 Å². The molecule has 3 rings (SSSR count). The van der Waals surface area contributed by atoms with Crippen molar-refractivity contribution in [3.8, 4) is 6.07 Å². The Morgan fingerprint density at radius 3 is 2.33 bits per heavy atom. The van der Waals surface area contributed by atoms with Crippen LogP contribution < -0.4 is 5.32 Å². The summed E-state index contributed by atoms with van der Waals surface area (Å²) in [4.78, 5) is 28.2. The first-order valence-electron chi connectivity index (χ1n) is 9.81. The summed E-state index contributed by atoms with van der Waals surface area (Å²) < 4.78 is 23.0. The maximum Gasteiger partial charge on any atom is 0.237 e. The molecule has 1 N–H and O–H groups in total. The molecule has 0 aromatic heterocycles. The van der Waals surface area contributed by atoms with Crippen LogP contribution in [0.15, 0.2) is 0 Å². The standard InChI is InChI=1S/C18H28N4O4S/c19-12-16-2-1-7-22(16)17(23)13-20-15-5-3-14(4-6-15)18(24)21-8-10-27(25,26)11-9-21/h14-16,20H,1-11,13H2/t14?,15?,16-/m0/s1. The van der Waals surface area contributed by atoms with E-state index in [-0.39, 0.29) is 47.9 Å². The molecule has 2 amide bonds. The molecule has 8 nitrogen and oxygen atoms in total. The summed E-state index contributed by atoms with van der Waals surface area (Å²) in [6, 6.07) is 2.11. The molecule has 0 aromatic rings. The molecule has 0 aromatic carbocycles. The first kappa shape index (κ1) is 20.1. The topological polar surface area (TPSA) is 111 Å². The second-order valence-corrected chi connectivity index (χ2v) is 10.1. The predicted molar refractivity (Wildman–Crippen MR) is 99.3 cm³/mol. The molecule has 0 bridgehead atoms. The Kier molecular flexibility index (Phi) is 6.37. The van der Waals surface area contributed by atoms with Gasteiger partial charge in [-0.1, -0.05) is 0 Å². The summed E-state index contributed by atoms with van der Waals surface area (Å²) in [5.74, 6) is 0.150. The van der Waals surface area contributed by atoms with Crippen LogP contribution in [-0.4, -0.2) is 79.8 Å². The highest BCUT2D eigenvalue weighted by Gasteiger charge is 2.33. The number of carbonyl (C=O) groups is 2. The number of rotatable bonds is 4. The maximum atomic E-state index is 12.6. The van der Waals surface area contributed by atoms with E-state index in [4.69, 9.17) is 5.26 Å². The van der Waals surface area contributed by atoms with Gasteiger partial charge in [0, 0.05) is 31.6 Å². The normalized spacial score (nSPS) is 30.7. The first-order valence-corrected chi connectivity index (χ1v) is 11.6. The van der Waals surface area contributed by atoms with Gasteiger partial charge in [-0.05, 0) is 38.5 Å². The van der Waals surface area contributed by atoms with Crippen molar-refractivity contribution in [2.75, 3.05) is 37.7 Å². The fourth-order valence-electron chi connectivity index (χ4n) is 4.27. The van der Waals surface area contributed by atoms with Crippen LogP contribution in [-0.2, 0) is 19.4 Å². The Morgan fingerprint density at radius 2 is 1.70 bits per heavy atom. The third-order valence-corrected chi connectivity index (χ3v) is 7.61. The van der Waals surface area contributed by atoms with Crippen molar-refractivity contribution in [3.63, 3.8) is 0 Å². The number of carbonyl (C=O) groups excluding carboxylic acids is 2. The lowest BCUT2D eigenvalue weighted by Gasteiger charge is -2.34. The Balaban J connectivity index is 1.39. The van der Waals surface area contributed by atoms with E-state index in [2.05, 4.69) is 11.4 Å². The van der Waals surface area contributed by atoms with Crippen LogP contribution in [0.3, 0.4) is 0 Å². The van der Waals surface area contributed by atoms with Crippen LogP contribution in [0, 0.1) is 17.2 Å². The van der Waals surface area contributed by atoms with Gasteiger partial charge in [-0.3, -0.25) is 9.59 Å². The molecule has 0 spiro atoms. The SMILES string of the molecule is N#C[C@@H]1CCCN1C(=O)CNC1CCC(C(=O)N2CCS(=O)(=O)CC2)CC1. The van der Waals surface area contributed by atoms with Gasteiger partial charge in [-0.15, -0.1) is 0 Å². The third kappa shape index (κ3) is 4.99. The van der Waals surface area contributed by atoms with Crippen LogP contribution >= 0.6 is 0 Å². The second kappa shape index (κ2) is 8.57. The van der Waals surface area contributed by atoms with E-state index in [9.17, 15) is 18.0 Å². The number of hydrogen-bond acceptors (Lipinski definition) is 6. The van der Waals surface area contributed by atoms with Crippen molar-refractivity contribution in [3.05, 3.63) is 0 Å². The van der Waals surface area contributed by atoms with E-state index in [0.717, 1.165) is 38.5 Å². The zero-order chi connectivity index (χ0) is 19.4. The van der Waals surface area contributed by atoms with Gasteiger partial charge in [0.25, 0.3) is 0 Å². The molecule has 3 fully saturated rings. The summed E-state index contributed by atoms with van der Waals surface area (Å²) >= 11 is 0. The molecule has 1 atom stereocenters. The fraction of sp³-hybridized carbons (Fsp3) is 0.833. The number of sulfone groups is 1. The van der Waals surface area contributed by atoms with Crippen LogP contribution in [0.2, 0.25) is 0 Å². The summed E-state index contributed by atoms with van der Waals surface area (Å²) in [5, 5.41) is 12.4. The Bertz CT molecular complexity index is 695. The minimum atomic E-state index is -2.98. The lowest BCUT2D eigenvalue weighted by atomic mass is 9.85. The summed E-state index contributed by atoms with van der Waals surface area (Å²) in [6.45, 7) is 1.52. The molecule has 2 heterocycles. The maximum absolute atomic E-state index is 12.6. The van der Waals surface area contributed by atoms with Gasteiger partial charge in [0.1, 0.15) is 6.04 Å². The number of nitriles is 1. The highest BCUT2D eigenvalue weighted by Crippen LogP contribution is 2.27. The van der Waals surface area contributed by atoms with E-state index in [1.54, 1.807) is 9.80 Å². The average molecular weight is 397 g/mol. The molecule has 27 heavy (non-hydrogen) atoms. The monoisotopic (exact) mass is 396 g/mol. The number of nitrogens with one attached hydrogen (secondary N) is 1. The summed E-state index contributed by atoms with van der Waals surface area (Å²) in [5.41, 5.74) is 0. The third-order valence-electron chi connectivity index (χ3n) is 6.00. The van der Waals surface area contributed by atoms with Crippen LogP contribution in [0.25, 0.3) is 0 Å². The van der Waals surface area contributed by atoms with Gasteiger partial charge < -0.3 is 15.1 Å². The van der Waals surface area contributed by atoms with Crippen molar-refractivity contribution in [2.45, 2.75) is 50.6 Å². The van der Waals surface area contributed by atoms with E-state index in [0.29, 0.717) is 19.6 Å². The first-order chi connectivity index (χ1) is 12.9. The smallest absolute Gasteiger partial charge is 0.237 e. The van der Waals surface area contributed by atoms with Crippen molar-refractivity contribution < 1.29 is 18.0 Å². The number of likely N-dealkylation sites (tertiary alicyclic amines) is 1. The zero-order valence-electron chi connectivity index (χ0n) is 15.6. The quantitative estimate of drug-likeness (QED) is 0.711. The highest BCUT2D eigenvalue weighted by molar-refractivity contribution is 7.91. The Morgan fingerprint density at radius 1 is 1.04 bits per heavy atom. The van der Waals surface area contributed by atoms with Gasteiger partial charge in [0.2, 0.25) is 11.8 Å². The van der Waals surface area contributed by atoms with E-state index < -0.39 is 9.84 Å². The van der Waals surface area contributed by atoms with E-state index >= 15 is 0 Å². The number of hydrogen-bond donors (Lipinski definition) is 1. The van der Waals surface area contributed by atoms with Gasteiger partial charge in [-0.25, -0.2) is 8.42 Å². The zero-order valence-corrected chi connectivity index (χ0v) is 16.4. The molecule has 9 heteroatoms. The lowest BCUT2D eigenvalue weighted by molar-refractivity contribution is -0.136. The predicted octanol–water partition coefficient (Wildman–Crippen LogP) is -0.0936. The average Bonchev–Trinajstić information content (AvgIpc) is 3.15. The lowest BCUT2D eigenvalue weighted by Crippen LogP contribution is -2.48. The molecule has 2 aliphatic heterocycles. The summed E-state index contributed by atoms with van der Waals surface area (Å²) in [6.07, 6.45) is 4.83. The largest absolute Gasteiger partial charge is 0.340 e. The van der Waals surface area contributed by atoms with Gasteiger partial charge in [-0.2, -0.15) is 5.26 Å². The fourth-order valence-corrected chi connectivity index (χ4v) is 5.47. The highest BCUT2D eigenvalue weighted by atomic mass is 32.2. The molecule has 1 aliphatic carbocycles. The van der Waals surface area contributed by atoms with E-state index in [1.165, 1.54) is 0 Å². The van der Waals surface area contributed by atoms with Crippen LogP contribution in [0.4, 0.5) is 0 Å². The minimum Gasteiger partial charge on any atom is -0.340 e. The number of amides is 2. The molecular formula is C18H28N4O4S. The van der Waals surface area contributed by atoms with Crippen LogP contribution in [0.1, 0.15) is 38.5 Å². The molecule has 150 valence electrons. The van der Waals surface area contributed by atoms with Crippen molar-refractivity contribution >= 4 is 21.7 Å². The summed E-state index contributed by atoms with van der Waals surface area (Å²) in [7, 11) is -2.98. The molecule has 2 saturated heterocycles. The molecular weight excluding hydrogens is 368 g/mol. The van der Waals surface area contributed by atoms with Crippen molar-refractivity contribution in [1.29, 1.82) is 5.26 Å².